The highest BCUT2D eigenvalue weighted by Crippen LogP contribution is 2.24. The Morgan fingerprint density at radius 3 is 2.82 bits per heavy atom. The molecule has 3 nitrogen and oxygen atoms in total. The molecule has 1 aromatic rings. The molecule has 1 amide bonds. The predicted octanol–water partition coefficient (Wildman–Crippen LogP) is 3.17. The van der Waals surface area contributed by atoms with Gasteiger partial charge in [-0.3, -0.25) is 14.7 Å². The van der Waals surface area contributed by atoms with E-state index in [4.69, 9.17) is 23.2 Å². The summed E-state index contributed by atoms with van der Waals surface area (Å²) in [5, 5.41) is 1.59. The lowest BCUT2D eigenvalue weighted by Gasteiger charge is -2.16. The number of amides is 1. The Morgan fingerprint density at radius 2 is 2.18 bits per heavy atom. The monoisotopic (exact) mass is 288 g/mol. The van der Waals surface area contributed by atoms with E-state index in [2.05, 4.69) is 4.99 Å². The highest BCUT2D eigenvalue weighted by Gasteiger charge is 2.24. The number of carbonyl (C=O) groups excluding carboxylic acids is 1. The fraction of sp³-hybridized carbons (Fsp3) is 0.273. The van der Waals surface area contributed by atoms with Crippen LogP contribution >= 0.6 is 35.0 Å². The summed E-state index contributed by atoms with van der Waals surface area (Å²) >= 11 is 13.2. The topological polar surface area (TPSA) is 32.7 Å². The van der Waals surface area contributed by atoms with Gasteiger partial charge in [0.2, 0.25) is 0 Å². The molecular formula is C11H10Cl2N2OS. The van der Waals surface area contributed by atoms with Crippen LogP contribution in [-0.2, 0) is 0 Å². The van der Waals surface area contributed by atoms with Crippen molar-refractivity contribution in [2.24, 2.45) is 4.99 Å². The zero-order chi connectivity index (χ0) is 12.4. The van der Waals surface area contributed by atoms with E-state index in [1.54, 1.807) is 23.1 Å². The molecule has 1 aromatic carbocycles. The number of carbonyl (C=O) groups is 1. The first kappa shape index (κ1) is 12.7. The smallest absolute Gasteiger partial charge is 0.259 e. The number of hydrogen-bond donors (Lipinski definition) is 0. The van der Waals surface area contributed by atoms with Gasteiger partial charge in [-0.1, -0.05) is 35.0 Å². The highest BCUT2D eigenvalue weighted by atomic mass is 35.5. The van der Waals surface area contributed by atoms with Gasteiger partial charge in [-0.2, -0.15) is 0 Å². The van der Waals surface area contributed by atoms with Crippen LogP contribution in [0.4, 0.5) is 0 Å². The Bertz CT molecular complexity index is 490. The maximum absolute atomic E-state index is 12.2. The van der Waals surface area contributed by atoms with Crippen molar-refractivity contribution in [3.63, 3.8) is 0 Å². The van der Waals surface area contributed by atoms with Gasteiger partial charge in [0.05, 0.1) is 16.6 Å². The minimum absolute atomic E-state index is 0.0887. The van der Waals surface area contributed by atoms with Crippen LogP contribution in [0, 0.1) is 0 Å². The van der Waals surface area contributed by atoms with Gasteiger partial charge in [-0.25, -0.2) is 0 Å². The molecular weight excluding hydrogens is 279 g/mol. The van der Waals surface area contributed by atoms with Crippen molar-refractivity contribution in [3.05, 3.63) is 33.8 Å². The second-order valence-electron chi connectivity index (χ2n) is 3.45. The summed E-state index contributed by atoms with van der Waals surface area (Å²) in [6.45, 7) is 1.28. The van der Waals surface area contributed by atoms with Gasteiger partial charge in [-0.05, 0) is 24.5 Å². The largest absolute Gasteiger partial charge is 0.286 e. The maximum atomic E-state index is 12.2. The molecule has 6 heteroatoms. The fourth-order valence-corrected chi connectivity index (χ4v) is 2.49. The summed E-state index contributed by atoms with van der Waals surface area (Å²) in [7, 11) is 0. The first-order chi connectivity index (χ1) is 8.13. The molecule has 1 aliphatic heterocycles. The molecule has 1 aliphatic rings. The summed E-state index contributed by atoms with van der Waals surface area (Å²) in [6.07, 6.45) is 1.90. The van der Waals surface area contributed by atoms with Crippen LogP contribution in [0.3, 0.4) is 0 Å². The second-order valence-corrected chi connectivity index (χ2v) is 5.04. The molecule has 0 aliphatic carbocycles. The molecule has 0 radical (unpaired) electrons. The first-order valence-corrected chi connectivity index (χ1v) is 6.97. The van der Waals surface area contributed by atoms with E-state index in [0.717, 1.165) is 5.17 Å². The van der Waals surface area contributed by atoms with Gasteiger partial charge in [0.1, 0.15) is 0 Å². The quantitative estimate of drug-likeness (QED) is 0.795. The molecule has 0 spiro atoms. The third kappa shape index (κ3) is 2.59. The van der Waals surface area contributed by atoms with E-state index in [1.807, 2.05) is 6.26 Å². The van der Waals surface area contributed by atoms with Crippen molar-refractivity contribution in [3.8, 4) is 0 Å². The number of rotatable bonds is 1. The van der Waals surface area contributed by atoms with Crippen LogP contribution in [0.25, 0.3) is 0 Å². The Hall–Kier alpha value is -0.710. The summed E-state index contributed by atoms with van der Waals surface area (Å²) < 4.78 is 0. The molecule has 0 N–H and O–H groups in total. The molecule has 17 heavy (non-hydrogen) atoms. The van der Waals surface area contributed by atoms with E-state index < -0.39 is 0 Å². The SMILES string of the molecule is CSC1=NCCN1C(=O)c1ccc(Cl)c(Cl)c1. The number of benzene rings is 1. The van der Waals surface area contributed by atoms with Gasteiger partial charge in [0.25, 0.3) is 5.91 Å². The molecule has 90 valence electrons. The van der Waals surface area contributed by atoms with Crippen LogP contribution < -0.4 is 0 Å². The van der Waals surface area contributed by atoms with Gasteiger partial charge >= 0.3 is 0 Å². The second kappa shape index (κ2) is 5.29. The van der Waals surface area contributed by atoms with Gasteiger partial charge in [0, 0.05) is 12.1 Å². The number of thioether (sulfide) groups is 1. The molecule has 0 saturated carbocycles. The highest BCUT2D eigenvalue weighted by molar-refractivity contribution is 8.13. The summed E-state index contributed by atoms with van der Waals surface area (Å²) in [5.41, 5.74) is 0.531. The molecule has 2 rings (SSSR count). The molecule has 0 unspecified atom stereocenters. The Kier molecular flexibility index (Phi) is 3.97. The zero-order valence-corrected chi connectivity index (χ0v) is 11.4. The Labute approximate surface area is 114 Å². The zero-order valence-electron chi connectivity index (χ0n) is 9.11. The lowest BCUT2D eigenvalue weighted by Crippen LogP contribution is -2.32. The molecule has 0 fully saturated rings. The number of nitrogens with zero attached hydrogens (tertiary/aromatic N) is 2. The van der Waals surface area contributed by atoms with Crippen LogP contribution in [0.1, 0.15) is 10.4 Å². The van der Waals surface area contributed by atoms with Gasteiger partial charge in [0.15, 0.2) is 5.17 Å². The summed E-state index contributed by atoms with van der Waals surface area (Å²) in [6, 6.07) is 4.89. The number of aliphatic imine (C=N–C) groups is 1. The predicted molar refractivity (Wildman–Crippen MR) is 73.3 cm³/mol. The van der Waals surface area contributed by atoms with Crippen LogP contribution in [0.5, 0.6) is 0 Å². The molecule has 0 saturated heterocycles. The van der Waals surface area contributed by atoms with Crippen molar-refractivity contribution >= 4 is 46.0 Å². The number of hydrogen-bond acceptors (Lipinski definition) is 3. The number of halogens is 2. The minimum Gasteiger partial charge on any atom is -0.286 e. The number of amidine groups is 1. The van der Waals surface area contributed by atoms with E-state index >= 15 is 0 Å². The van der Waals surface area contributed by atoms with Gasteiger partial charge in [-0.15, -0.1) is 0 Å². The lowest BCUT2D eigenvalue weighted by molar-refractivity contribution is 0.0860. The Balaban J connectivity index is 2.25. The maximum Gasteiger partial charge on any atom is 0.259 e. The standard InChI is InChI=1S/C11H10Cl2N2OS/c1-17-11-14-4-5-15(11)10(16)7-2-3-8(12)9(13)6-7/h2-3,6H,4-5H2,1H3. The van der Waals surface area contributed by atoms with E-state index in [1.165, 1.54) is 11.8 Å². The van der Waals surface area contributed by atoms with Crippen molar-refractivity contribution in [1.82, 2.24) is 4.90 Å². The summed E-state index contributed by atoms with van der Waals surface area (Å²) in [5.74, 6) is -0.0887. The normalized spacial score (nSPS) is 15.0. The average Bonchev–Trinajstić information content (AvgIpc) is 2.80. The first-order valence-electron chi connectivity index (χ1n) is 4.99. The van der Waals surface area contributed by atoms with E-state index in [0.29, 0.717) is 28.7 Å². The van der Waals surface area contributed by atoms with Crippen molar-refractivity contribution < 1.29 is 4.79 Å². The minimum atomic E-state index is -0.0887. The van der Waals surface area contributed by atoms with E-state index in [-0.39, 0.29) is 5.91 Å². The molecule has 0 bridgehead atoms. The Morgan fingerprint density at radius 1 is 1.41 bits per heavy atom. The van der Waals surface area contributed by atoms with Crippen LogP contribution in [0.2, 0.25) is 10.0 Å². The lowest BCUT2D eigenvalue weighted by atomic mass is 10.2. The van der Waals surface area contributed by atoms with Crippen molar-refractivity contribution in [2.45, 2.75) is 0 Å². The molecule has 0 aromatic heterocycles. The third-order valence-electron chi connectivity index (χ3n) is 2.40. The van der Waals surface area contributed by atoms with E-state index in [9.17, 15) is 4.79 Å². The van der Waals surface area contributed by atoms with Gasteiger partial charge < -0.3 is 0 Å². The fourth-order valence-electron chi connectivity index (χ4n) is 1.57. The van der Waals surface area contributed by atoms with Crippen LogP contribution in [-0.4, -0.2) is 35.3 Å². The molecule has 0 atom stereocenters. The third-order valence-corrected chi connectivity index (χ3v) is 3.85. The van der Waals surface area contributed by atoms with Crippen molar-refractivity contribution in [2.75, 3.05) is 19.3 Å². The molecule has 1 heterocycles. The summed E-state index contributed by atoms with van der Waals surface area (Å²) in [4.78, 5) is 18.1. The van der Waals surface area contributed by atoms with Crippen molar-refractivity contribution in [1.29, 1.82) is 0 Å². The van der Waals surface area contributed by atoms with Crippen LogP contribution in [0.15, 0.2) is 23.2 Å². The average molecular weight is 289 g/mol.